The van der Waals surface area contributed by atoms with Crippen molar-refractivity contribution in [2.45, 2.75) is 46.1 Å². The van der Waals surface area contributed by atoms with E-state index in [1.54, 1.807) is 0 Å². The molecule has 0 atom stereocenters. The van der Waals surface area contributed by atoms with Gasteiger partial charge in [-0.3, -0.25) is 9.59 Å². The molecule has 2 amide bonds. The minimum Gasteiger partial charge on any atom is -0.494 e. The molecule has 1 aromatic heterocycles. The number of amides is 2. The van der Waals surface area contributed by atoms with Crippen LogP contribution < -0.4 is 15.4 Å². The Morgan fingerprint density at radius 2 is 1.80 bits per heavy atom. The van der Waals surface area contributed by atoms with Crippen molar-refractivity contribution in [3.8, 4) is 5.75 Å². The minimum absolute atomic E-state index is 0.0154. The van der Waals surface area contributed by atoms with Crippen LogP contribution in [0.5, 0.6) is 5.75 Å². The Labute approximate surface area is 180 Å². The molecule has 0 radical (unpaired) electrons. The lowest BCUT2D eigenvalue weighted by Gasteiger charge is -2.08. The molecule has 0 aliphatic rings. The number of anilines is 1. The van der Waals surface area contributed by atoms with E-state index in [9.17, 15) is 9.59 Å². The van der Waals surface area contributed by atoms with E-state index in [2.05, 4.69) is 22.5 Å². The highest BCUT2D eigenvalue weighted by Gasteiger charge is 2.08. The number of aryl methyl sites for hydroxylation is 1. The predicted molar refractivity (Wildman–Crippen MR) is 121 cm³/mol. The number of aromatic nitrogens is 1. The van der Waals surface area contributed by atoms with E-state index in [1.165, 1.54) is 11.3 Å². The second kappa shape index (κ2) is 10.7. The highest BCUT2D eigenvalue weighted by atomic mass is 32.1. The summed E-state index contributed by atoms with van der Waals surface area (Å²) < 4.78 is 6.57. The molecule has 0 aliphatic carbocycles. The van der Waals surface area contributed by atoms with Crippen LogP contribution in [0.25, 0.3) is 10.2 Å². The number of thiazole rings is 1. The molecule has 158 valence electrons. The summed E-state index contributed by atoms with van der Waals surface area (Å²) in [6, 6.07) is 13.8. The maximum Gasteiger partial charge on any atom is 0.225 e. The average Bonchev–Trinajstić information content (AvgIpc) is 3.16. The number of nitrogens with zero attached hydrogens (tertiary/aromatic N) is 1. The van der Waals surface area contributed by atoms with Gasteiger partial charge in [0, 0.05) is 19.4 Å². The van der Waals surface area contributed by atoms with Gasteiger partial charge in [-0.15, -0.1) is 0 Å². The third kappa shape index (κ3) is 6.29. The molecule has 0 unspecified atom stereocenters. The minimum atomic E-state index is -0.0472. The number of benzene rings is 2. The Kier molecular flexibility index (Phi) is 7.79. The Morgan fingerprint density at radius 1 is 1.03 bits per heavy atom. The van der Waals surface area contributed by atoms with Crippen molar-refractivity contribution >= 4 is 38.5 Å². The van der Waals surface area contributed by atoms with Crippen molar-refractivity contribution in [2.24, 2.45) is 0 Å². The smallest absolute Gasteiger partial charge is 0.225 e. The molecule has 0 saturated carbocycles. The summed E-state index contributed by atoms with van der Waals surface area (Å²) in [6.45, 7) is 5.09. The molecule has 2 aromatic carbocycles. The lowest BCUT2D eigenvalue weighted by molar-refractivity contribution is -0.121. The fraction of sp³-hybridized carbons (Fsp3) is 0.348. The molecule has 1 heterocycles. The van der Waals surface area contributed by atoms with E-state index in [-0.39, 0.29) is 11.8 Å². The molecule has 0 saturated heterocycles. The summed E-state index contributed by atoms with van der Waals surface area (Å²) in [7, 11) is 0. The Morgan fingerprint density at radius 3 is 2.53 bits per heavy atom. The largest absolute Gasteiger partial charge is 0.494 e. The zero-order valence-corrected chi connectivity index (χ0v) is 18.2. The van der Waals surface area contributed by atoms with Gasteiger partial charge in [-0.05, 0) is 48.2 Å². The molecule has 6 nitrogen and oxygen atoms in total. The van der Waals surface area contributed by atoms with Crippen LogP contribution in [-0.4, -0.2) is 23.4 Å². The van der Waals surface area contributed by atoms with Gasteiger partial charge >= 0.3 is 0 Å². The Balaban J connectivity index is 1.48. The first-order valence-electron chi connectivity index (χ1n) is 10.2. The van der Waals surface area contributed by atoms with Crippen LogP contribution in [0.2, 0.25) is 0 Å². The highest BCUT2D eigenvalue weighted by molar-refractivity contribution is 7.22. The van der Waals surface area contributed by atoms with E-state index < -0.39 is 0 Å². The molecule has 0 fully saturated rings. The van der Waals surface area contributed by atoms with Crippen LogP contribution in [0.4, 0.5) is 5.13 Å². The number of carbonyl (C=O) groups excluding carboxylic acids is 2. The summed E-state index contributed by atoms with van der Waals surface area (Å²) in [5.74, 6) is 0.818. The number of hydrogen-bond acceptors (Lipinski definition) is 5. The van der Waals surface area contributed by atoms with Crippen LogP contribution in [-0.2, 0) is 22.6 Å². The van der Waals surface area contributed by atoms with Crippen LogP contribution in [0.15, 0.2) is 42.5 Å². The topological polar surface area (TPSA) is 80.3 Å². The molecule has 2 N–H and O–H groups in total. The van der Waals surface area contributed by atoms with E-state index in [0.717, 1.165) is 33.5 Å². The zero-order valence-electron chi connectivity index (χ0n) is 17.4. The third-order valence-electron chi connectivity index (χ3n) is 4.55. The lowest BCUT2D eigenvalue weighted by Crippen LogP contribution is -2.22. The Bertz CT molecular complexity index is 999. The fourth-order valence-electron chi connectivity index (χ4n) is 2.86. The second-order valence-electron chi connectivity index (χ2n) is 6.99. The SMILES string of the molecule is CCCOc1ccc(CNC(=O)CCc2ccc3nc(NC(=O)CC)sc3c2)cc1. The molecule has 0 bridgehead atoms. The van der Waals surface area contributed by atoms with Crippen molar-refractivity contribution in [1.82, 2.24) is 10.3 Å². The Hall–Kier alpha value is -2.93. The lowest BCUT2D eigenvalue weighted by atomic mass is 10.1. The number of ether oxygens (including phenoxy) is 1. The average molecular weight is 426 g/mol. The van der Waals surface area contributed by atoms with Crippen molar-refractivity contribution < 1.29 is 14.3 Å². The third-order valence-corrected chi connectivity index (χ3v) is 5.48. The summed E-state index contributed by atoms with van der Waals surface area (Å²) in [4.78, 5) is 28.2. The number of hydrogen-bond donors (Lipinski definition) is 2. The van der Waals surface area contributed by atoms with Crippen molar-refractivity contribution in [1.29, 1.82) is 0 Å². The van der Waals surface area contributed by atoms with Gasteiger partial charge < -0.3 is 15.4 Å². The maximum atomic E-state index is 12.2. The first kappa shape index (κ1) is 21.8. The number of nitrogens with one attached hydrogen (secondary N) is 2. The highest BCUT2D eigenvalue weighted by Crippen LogP contribution is 2.27. The van der Waals surface area contributed by atoms with Gasteiger partial charge in [0.25, 0.3) is 0 Å². The van der Waals surface area contributed by atoms with Gasteiger partial charge in [-0.2, -0.15) is 0 Å². The molecule has 0 spiro atoms. The molecule has 3 aromatic rings. The summed E-state index contributed by atoms with van der Waals surface area (Å²) in [5, 5.41) is 6.37. The van der Waals surface area contributed by atoms with E-state index in [0.29, 0.717) is 37.5 Å². The quantitative estimate of drug-likeness (QED) is 0.494. The number of rotatable bonds is 10. The summed E-state index contributed by atoms with van der Waals surface area (Å²) in [6.07, 6.45) is 2.47. The van der Waals surface area contributed by atoms with Crippen LogP contribution in [0.1, 0.15) is 44.2 Å². The van der Waals surface area contributed by atoms with E-state index in [4.69, 9.17) is 4.74 Å². The molecule has 30 heavy (non-hydrogen) atoms. The first-order chi connectivity index (χ1) is 14.6. The molecule has 7 heteroatoms. The van der Waals surface area contributed by atoms with Gasteiger partial charge in [-0.1, -0.05) is 43.4 Å². The standard InChI is InChI=1S/C23H27N3O3S/c1-3-13-29-18-9-5-17(6-10-18)15-24-22(28)12-8-16-7-11-19-20(14-16)30-23(25-19)26-21(27)4-2/h5-7,9-11,14H,3-4,8,12-13,15H2,1-2H3,(H,24,28)(H,25,26,27). The summed E-state index contributed by atoms with van der Waals surface area (Å²) in [5.41, 5.74) is 2.97. The second-order valence-corrected chi connectivity index (χ2v) is 8.02. The van der Waals surface area contributed by atoms with Crippen LogP contribution >= 0.6 is 11.3 Å². The van der Waals surface area contributed by atoms with E-state index in [1.807, 2.05) is 49.4 Å². The predicted octanol–water partition coefficient (Wildman–Crippen LogP) is 4.68. The van der Waals surface area contributed by atoms with Gasteiger partial charge in [0.1, 0.15) is 5.75 Å². The first-order valence-corrected chi connectivity index (χ1v) is 11.1. The summed E-state index contributed by atoms with van der Waals surface area (Å²) >= 11 is 1.45. The van der Waals surface area contributed by atoms with Gasteiger partial charge in [0.05, 0.1) is 16.8 Å². The monoisotopic (exact) mass is 425 g/mol. The van der Waals surface area contributed by atoms with Crippen molar-refractivity contribution in [3.05, 3.63) is 53.6 Å². The molecule has 0 aliphatic heterocycles. The molecular weight excluding hydrogens is 398 g/mol. The van der Waals surface area contributed by atoms with Gasteiger partial charge in [0.2, 0.25) is 11.8 Å². The van der Waals surface area contributed by atoms with Crippen molar-refractivity contribution in [2.75, 3.05) is 11.9 Å². The van der Waals surface area contributed by atoms with Crippen LogP contribution in [0, 0.1) is 0 Å². The fourth-order valence-corrected chi connectivity index (χ4v) is 3.80. The van der Waals surface area contributed by atoms with Gasteiger partial charge in [-0.25, -0.2) is 4.98 Å². The maximum absolute atomic E-state index is 12.2. The number of fused-ring (bicyclic) bond motifs is 1. The number of carbonyl (C=O) groups is 2. The van der Waals surface area contributed by atoms with Crippen molar-refractivity contribution in [3.63, 3.8) is 0 Å². The molecular formula is C23H27N3O3S. The normalized spacial score (nSPS) is 10.7. The van der Waals surface area contributed by atoms with Gasteiger partial charge in [0.15, 0.2) is 5.13 Å². The zero-order chi connectivity index (χ0) is 21.3. The van der Waals surface area contributed by atoms with Crippen LogP contribution in [0.3, 0.4) is 0 Å². The van der Waals surface area contributed by atoms with E-state index >= 15 is 0 Å². The molecule has 3 rings (SSSR count).